The van der Waals surface area contributed by atoms with Gasteiger partial charge in [-0.05, 0) is 37.1 Å². The zero-order chi connectivity index (χ0) is 11.7. The van der Waals surface area contributed by atoms with Crippen molar-refractivity contribution in [2.45, 2.75) is 13.8 Å². The molecule has 1 aromatic carbocycles. The van der Waals surface area contributed by atoms with Crippen LogP contribution in [0.5, 0.6) is 0 Å². The number of hydrogen-bond donors (Lipinski definition) is 0. The minimum absolute atomic E-state index is 0.170. The minimum atomic E-state index is 0.170. The van der Waals surface area contributed by atoms with Gasteiger partial charge in [0.15, 0.2) is 0 Å². The van der Waals surface area contributed by atoms with Crippen molar-refractivity contribution in [1.29, 1.82) is 0 Å². The van der Waals surface area contributed by atoms with Gasteiger partial charge >= 0.3 is 0 Å². The Hall–Kier alpha value is -1.12. The van der Waals surface area contributed by atoms with Crippen LogP contribution in [0.3, 0.4) is 0 Å². The van der Waals surface area contributed by atoms with Gasteiger partial charge < -0.3 is 0 Å². The lowest BCUT2D eigenvalue weighted by atomic mass is 10.0. The highest BCUT2D eigenvalue weighted by molar-refractivity contribution is 6.32. The first-order chi connectivity index (χ1) is 7.56. The number of nitrogens with zero attached hydrogens (tertiary/aromatic N) is 2. The van der Waals surface area contributed by atoms with Crippen molar-refractivity contribution in [1.82, 2.24) is 9.97 Å². The fourth-order valence-electron chi connectivity index (χ4n) is 1.54. The van der Waals surface area contributed by atoms with Gasteiger partial charge in [-0.3, -0.25) is 0 Å². The molecule has 0 radical (unpaired) electrons. The molecule has 0 bridgehead atoms. The van der Waals surface area contributed by atoms with Crippen molar-refractivity contribution in [2.24, 2.45) is 0 Å². The zero-order valence-corrected chi connectivity index (χ0v) is 10.5. The number of hydrogen-bond acceptors (Lipinski definition) is 2. The van der Waals surface area contributed by atoms with Crippen molar-refractivity contribution in [3.8, 4) is 11.3 Å². The quantitative estimate of drug-likeness (QED) is 0.565. The molecule has 1 aromatic heterocycles. The van der Waals surface area contributed by atoms with Gasteiger partial charge in [0.05, 0.1) is 5.69 Å². The fourth-order valence-corrected chi connectivity index (χ4v) is 1.95. The summed E-state index contributed by atoms with van der Waals surface area (Å²) in [6, 6.07) is 7.89. The molecule has 0 aliphatic heterocycles. The summed E-state index contributed by atoms with van der Waals surface area (Å²) in [6.45, 7) is 4.06. The summed E-state index contributed by atoms with van der Waals surface area (Å²) < 4.78 is 0. The molecule has 2 nitrogen and oxygen atoms in total. The highest BCUT2D eigenvalue weighted by Gasteiger charge is 2.07. The Kier molecular flexibility index (Phi) is 3.13. The van der Waals surface area contributed by atoms with Crippen LogP contribution in [0.4, 0.5) is 0 Å². The van der Waals surface area contributed by atoms with Crippen LogP contribution >= 0.6 is 23.2 Å². The average Bonchev–Trinajstić information content (AvgIpc) is 2.20. The van der Waals surface area contributed by atoms with Gasteiger partial charge in [0, 0.05) is 11.6 Å². The van der Waals surface area contributed by atoms with Gasteiger partial charge in [-0.2, -0.15) is 0 Å². The Labute approximate surface area is 104 Å². The Balaban J connectivity index is 2.62. The van der Waals surface area contributed by atoms with Gasteiger partial charge in [0.25, 0.3) is 0 Å². The van der Waals surface area contributed by atoms with Crippen molar-refractivity contribution in [3.05, 3.63) is 45.8 Å². The maximum atomic E-state index is 5.86. The molecular weight excluding hydrogens is 243 g/mol. The molecule has 82 valence electrons. The van der Waals surface area contributed by atoms with E-state index in [0.717, 1.165) is 16.8 Å². The molecule has 0 amide bonds. The van der Waals surface area contributed by atoms with Crippen LogP contribution in [0.25, 0.3) is 11.3 Å². The molecule has 0 spiro atoms. The van der Waals surface area contributed by atoms with Crippen molar-refractivity contribution >= 4 is 23.2 Å². The van der Waals surface area contributed by atoms with Crippen LogP contribution in [0.15, 0.2) is 24.3 Å². The van der Waals surface area contributed by atoms with Crippen molar-refractivity contribution < 1.29 is 0 Å². The number of aromatic nitrogens is 2. The van der Waals surface area contributed by atoms with Crippen LogP contribution in [-0.4, -0.2) is 9.97 Å². The summed E-state index contributed by atoms with van der Waals surface area (Å²) in [4.78, 5) is 8.01. The average molecular weight is 253 g/mol. The second kappa shape index (κ2) is 4.40. The van der Waals surface area contributed by atoms with Crippen LogP contribution in [-0.2, 0) is 0 Å². The third kappa shape index (κ3) is 2.34. The Bertz CT molecular complexity index is 518. The van der Waals surface area contributed by atoms with E-state index in [-0.39, 0.29) is 5.28 Å². The van der Waals surface area contributed by atoms with Gasteiger partial charge in [0.2, 0.25) is 5.28 Å². The Morgan fingerprint density at radius 1 is 1.00 bits per heavy atom. The third-order valence-corrected chi connectivity index (χ3v) is 2.70. The molecule has 0 fully saturated rings. The standard InChI is InChI=1S/C12H10Cl2N2/c1-7-3-4-8(2)9(5-7)10-6-11(13)16-12(14)15-10/h3-6H,1-2H3. The molecule has 16 heavy (non-hydrogen) atoms. The maximum absolute atomic E-state index is 5.86. The van der Waals surface area contributed by atoms with Gasteiger partial charge in [-0.15, -0.1) is 0 Å². The van der Waals surface area contributed by atoms with E-state index in [9.17, 15) is 0 Å². The number of rotatable bonds is 1. The molecule has 0 saturated carbocycles. The number of halogens is 2. The third-order valence-electron chi connectivity index (χ3n) is 2.34. The first-order valence-corrected chi connectivity index (χ1v) is 5.59. The summed E-state index contributed by atoms with van der Waals surface area (Å²) in [5.74, 6) is 0. The second-order valence-electron chi connectivity index (χ2n) is 3.66. The van der Waals surface area contributed by atoms with E-state index in [0.29, 0.717) is 5.15 Å². The van der Waals surface area contributed by atoms with Crippen molar-refractivity contribution in [2.75, 3.05) is 0 Å². The highest BCUT2D eigenvalue weighted by atomic mass is 35.5. The largest absolute Gasteiger partial charge is 0.224 e. The first-order valence-electron chi connectivity index (χ1n) is 4.84. The van der Waals surface area contributed by atoms with E-state index in [4.69, 9.17) is 23.2 Å². The van der Waals surface area contributed by atoms with E-state index in [2.05, 4.69) is 28.2 Å². The Morgan fingerprint density at radius 2 is 1.75 bits per heavy atom. The molecule has 0 N–H and O–H groups in total. The fraction of sp³-hybridized carbons (Fsp3) is 0.167. The van der Waals surface area contributed by atoms with Gasteiger partial charge in [-0.1, -0.05) is 29.3 Å². The zero-order valence-electron chi connectivity index (χ0n) is 8.96. The van der Waals surface area contributed by atoms with Gasteiger partial charge in [-0.25, -0.2) is 9.97 Å². The monoisotopic (exact) mass is 252 g/mol. The molecular formula is C12H10Cl2N2. The summed E-state index contributed by atoms with van der Waals surface area (Å²) >= 11 is 11.6. The molecule has 2 rings (SSSR count). The van der Waals surface area contributed by atoms with Crippen LogP contribution in [0, 0.1) is 13.8 Å². The normalized spacial score (nSPS) is 10.5. The van der Waals surface area contributed by atoms with E-state index < -0.39 is 0 Å². The molecule has 0 saturated heterocycles. The highest BCUT2D eigenvalue weighted by Crippen LogP contribution is 2.25. The molecule has 0 atom stereocenters. The minimum Gasteiger partial charge on any atom is -0.218 e. The van der Waals surface area contributed by atoms with E-state index >= 15 is 0 Å². The van der Waals surface area contributed by atoms with Crippen molar-refractivity contribution in [3.63, 3.8) is 0 Å². The van der Waals surface area contributed by atoms with E-state index in [1.165, 1.54) is 5.56 Å². The number of benzene rings is 1. The predicted molar refractivity (Wildman–Crippen MR) is 67.0 cm³/mol. The maximum Gasteiger partial charge on any atom is 0.224 e. The summed E-state index contributed by atoms with van der Waals surface area (Å²) in [5, 5.41) is 0.527. The van der Waals surface area contributed by atoms with E-state index in [1.807, 2.05) is 13.8 Å². The summed E-state index contributed by atoms with van der Waals surface area (Å²) in [7, 11) is 0. The van der Waals surface area contributed by atoms with Crippen LogP contribution in [0.1, 0.15) is 11.1 Å². The lowest BCUT2D eigenvalue weighted by molar-refractivity contribution is 1.17. The van der Waals surface area contributed by atoms with Gasteiger partial charge in [0.1, 0.15) is 5.15 Å². The summed E-state index contributed by atoms with van der Waals surface area (Å²) in [5.41, 5.74) is 4.10. The molecule has 4 heteroatoms. The smallest absolute Gasteiger partial charge is 0.218 e. The van der Waals surface area contributed by atoms with Crippen LogP contribution < -0.4 is 0 Å². The molecule has 2 aromatic rings. The molecule has 0 aliphatic carbocycles. The Morgan fingerprint density at radius 3 is 2.44 bits per heavy atom. The molecule has 1 heterocycles. The van der Waals surface area contributed by atoms with Crippen LogP contribution in [0.2, 0.25) is 10.4 Å². The lowest BCUT2D eigenvalue weighted by Gasteiger charge is -2.06. The molecule has 0 unspecified atom stereocenters. The topological polar surface area (TPSA) is 25.8 Å². The van der Waals surface area contributed by atoms with E-state index in [1.54, 1.807) is 6.07 Å². The predicted octanol–water partition coefficient (Wildman–Crippen LogP) is 4.07. The number of aryl methyl sites for hydroxylation is 2. The lowest BCUT2D eigenvalue weighted by Crippen LogP contribution is -1.91. The second-order valence-corrected chi connectivity index (χ2v) is 4.39. The first kappa shape index (κ1) is 11.4. The SMILES string of the molecule is Cc1ccc(C)c(-c2cc(Cl)nc(Cl)n2)c1. The molecule has 0 aliphatic rings. The summed E-state index contributed by atoms with van der Waals surface area (Å²) in [6.07, 6.45) is 0.